The highest BCUT2D eigenvalue weighted by Crippen LogP contribution is 2.42. The molecule has 0 saturated heterocycles. The van der Waals surface area contributed by atoms with Crippen molar-refractivity contribution in [2.24, 2.45) is 0 Å². The van der Waals surface area contributed by atoms with Gasteiger partial charge in [0.25, 0.3) is 5.91 Å². The van der Waals surface area contributed by atoms with E-state index in [1.165, 1.54) is 19.3 Å². The number of rotatable bonds is 4. The predicted molar refractivity (Wildman–Crippen MR) is 104 cm³/mol. The number of nitrogens with one attached hydrogen (secondary N) is 1. The number of hydrogen-bond donors (Lipinski definition) is 2. The van der Waals surface area contributed by atoms with Gasteiger partial charge in [0.2, 0.25) is 0 Å². The normalized spacial score (nSPS) is 10.9. The Hall–Kier alpha value is -2.01. The monoisotopic (exact) mass is 484 g/mol. The second kappa shape index (κ2) is 8.39. The Morgan fingerprint density at radius 3 is 2.52 bits per heavy atom. The molecule has 2 aromatic carbocycles. The lowest BCUT2D eigenvalue weighted by atomic mass is 10.1. The predicted octanol–water partition coefficient (Wildman–Crippen LogP) is 5.12. The molecule has 0 heterocycles. The lowest BCUT2D eigenvalue weighted by Gasteiger charge is -2.10. The summed E-state index contributed by atoms with van der Waals surface area (Å²) in [5.74, 6) is -0.452. The first-order valence-corrected chi connectivity index (χ1v) is 8.77. The Kier molecular flexibility index (Phi) is 6.48. The smallest absolute Gasteiger partial charge is 0.266 e. The first kappa shape index (κ1) is 19.3. The van der Waals surface area contributed by atoms with Crippen molar-refractivity contribution in [3.8, 4) is 17.6 Å². The third-order valence-corrected chi connectivity index (χ3v) is 5.57. The lowest BCUT2D eigenvalue weighted by molar-refractivity contribution is -0.112. The first-order valence-electron chi connectivity index (χ1n) is 6.81. The van der Waals surface area contributed by atoms with Crippen molar-refractivity contribution in [2.75, 3.05) is 12.4 Å². The summed E-state index contributed by atoms with van der Waals surface area (Å²) < 4.78 is 5.92. The van der Waals surface area contributed by atoms with E-state index in [4.69, 9.17) is 16.3 Å². The Balaban J connectivity index is 2.37. The Bertz CT molecular complexity index is 890. The number of carbonyl (C=O) groups excluding carboxylic acids is 1. The quantitative estimate of drug-likeness (QED) is 0.464. The zero-order chi connectivity index (χ0) is 18.6. The molecule has 0 fully saturated rings. The van der Waals surface area contributed by atoms with E-state index >= 15 is 0 Å². The van der Waals surface area contributed by atoms with Gasteiger partial charge in [-0.2, -0.15) is 5.26 Å². The SMILES string of the molecule is COc1cc(/C=C(/C#N)C(=O)Nc2ccc(Cl)cc2)c(Br)c(Br)c1O. The van der Waals surface area contributed by atoms with E-state index in [2.05, 4.69) is 37.2 Å². The third kappa shape index (κ3) is 4.54. The van der Waals surface area contributed by atoms with Crippen LogP contribution in [0.4, 0.5) is 5.69 Å². The van der Waals surface area contributed by atoms with Gasteiger partial charge in [-0.15, -0.1) is 0 Å². The molecule has 1 amide bonds. The molecule has 5 nitrogen and oxygen atoms in total. The Morgan fingerprint density at radius 2 is 1.96 bits per heavy atom. The van der Waals surface area contributed by atoms with Gasteiger partial charge in [0.15, 0.2) is 11.5 Å². The van der Waals surface area contributed by atoms with E-state index in [0.717, 1.165) is 0 Å². The number of nitriles is 1. The fraction of sp³-hybridized carbons (Fsp3) is 0.0588. The summed E-state index contributed by atoms with van der Waals surface area (Å²) >= 11 is 12.3. The van der Waals surface area contributed by atoms with E-state index in [1.807, 2.05) is 6.07 Å². The number of halogens is 3. The van der Waals surface area contributed by atoms with Crippen molar-refractivity contribution in [3.63, 3.8) is 0 Å². The molecule has 0 aliphatic heterocycles. The van der Waals surface area contributed by atoms with Gasteiger partial charge < -0.3 is 15.2 Å². The van der Waals surface area contributed by atoms with Crippen LogP contribution in [0.2, 0.25) is 5.02 Å². The second-order valence-corrected chi connectivity index (χ2v) is 6.80. The number of benzene rings is 2. The van der Waals surface area contributed by atoms with E-state index in [9.17, 15) is 15.2 Å². The number of hydrogen-bond acceptors (Lipinski definition) is 4. The average Bonchev–Trinajstić information content (AvgIpc) is 2.61. The number of aromatic hydroxyl groups is 1. The molecule has 0 aliphatic carbocycles. The van der Waals surface area contributed by atoms with Crippen LogP contribution in [0.3, 0.4) is 0 Å². The summed E-state index contributed by atoms with van der Waals surface area (Å²) in [7, 11) is 1.40. The van der Waals surface area contributed by atoms with E-state index < -0.39 is 5.91 Å². The van der Waals surface area contributed by atoms with Crippen LogP contribution in [-0.4, -0.2) is 18.1 Å². The van der Waals surface area contributed by atoms with Gasteiger partial charge in [-0.1, -0.05) is 11.6 Å². The van der Waals surface area contributed by atoms with Crippen LogP contribution < -0.4 is 10.1 Å². The summed E-state index contributed by atoms with van der Waals surface area (Å²) in [6.07, 6.45) is 1.39. The molecule has 0 saturated carbocycles. The van der Waals surface area contributed by atoms with Crippen LogP contribution in [0.1, 0.15) is 5.56 Å². The fourth-order valence-corrected chi connectivity index (χ4v) is 2.88. The molecule has 0 spiro atoms. The third-order valence-electron chi connectivity index (χ3n) is 3.16. The summed E-state index contributed by atoms with van der Waals surface area (Å²) in [4.78, 5) is 12.3. The van der Waals surface area contributed by atoms with Crippen molar-refractivity contribution in [2.45, 2.75) is 0 Å². The molecule has 0 unspecified atom stereocenters. The molecular formula is C17H11Br2ClN2O3. The maximum atomic E-state index is 12.3. The van der Waals surface area contributed by atoms with Crippen molar-refractivity contribution < 1.29 is 14.6 Å². The Morgan fingerprint density at radius 1 is 1.32 bits per heavy atom. The molecule has 0 radical (unpaired) electrons. The van der Waals surface area contributed by atoms with Crippen molar-refractivity contribution in [1.29, 1.82) is 5.26 Å². The average molecular weight is 487 g/mol. The van der Waals surface area contributed by atoms with Gasteiger partial charge in [0.05, 0.1) is 11.6 Å². The molecule has 8 heteroatoms. The lowest BCUT2D eigenvalue weighted by Crippen LogP contribution is -2.13. The van der Waals surface area contributed by atoms with Gasteiger partial charge in [0, 0.05) is 15.2 Å². The minimum atomic E-state index is -0.570. The molecule has 0 atom stereocenters. The minimum absolute atomic E-state index is 0.0874. The van der Waals surface area contributed by atoms with E-state index in [1.54, 1.807) is 24.3 Å². The number of methoxy groups -OCH3 is 1. The molecule has 2 N–H and O–H groups in total. The van der Waals surface area contributed by atoms with Crippen LogP contribution >= 0.6 is 43.5 Å². The summed E-state index contributed by atoms with van der Waals surface area (Å²) in [6, 6.07) is 9.90. The molecule has 0 aliphatic rings. The highest BCUT2D eigenvalue weighted by Gasteiger charge is 2.16. The largest absolute Gasteiger partial charge is 0.503 e. The highest BCUT2D eigenvalue weighted by atomic mass is 79.9. The highest BCUT2D eigenvalue weighted by molar-refractivity contribution is 9.13. The molecule has 0 aromatic heterocycles. The fourth-order valence-electron chi connectivity index (χ4n) is 1.91. The van der Waals surface area contributed by atoms with Crippen molar-refractivity contribution >= 4 is 61.1 Å². The maximum Gasteiger partial charge on any atom is 0.266 e. The van der Waals surface area contributed by atoms with Crippen molar-refractivity contribution in [1.82, 2.24) is 0 Å². The van der Waals surface area contributed by atoms with Crippen LogP contribution in [0.5, 0.6) is 11.5 Å². The first-order chi connectivity index (χ1) is 11.9. The second-order valence-electron chi connectivity index (χ2n) is 4.78. The topological polar surface area (TPSA) is 82.3 Å². The van der Waals surface area contributed by atoms with Crippen LogP contribution in [0, 0.1) is 11.3 Å². The number of anilines is 1. The standard InChI is InChI=1S/C17H11Br2ClN2O3/c1-25-13-7-9(14(18)15(19)16(13)23)6-10(8-21)17(24)22-12-4-2-11(20)3-5-12/h2-7,23H,1H3,(H,22,24)/b10-6-. The number of nitrogens with zero attached hydrogens (tertiary/aromatic N) is 1. The zero-order valence-electron chi connectivity index (χ0n) is 12.8. The van der Waals surface area contributed by atoms with Crippen LogP contribution in [0.25, 0.3) is 6.08 Å². The molecule has 0 bridgehead atoms. The van der Waals surface area contributed by atoms with E-state index in [0.29, 0.717) is 25.2 Å². The number of amides is 1. The molecule has 2 rings (SSSR count). The number of phenols is 1. The van der Waals surface area contributed by atoms with Crippen molar-refractivity contribution in [3.05, 3.63) is 55.4 Å². The van der Waals surface area contributed by atoms with Gasteiger partial charge in [0.1, 0.15) is 11.6 Å². The van der Waals surface area contributed by atoms with Crippen LogP contribution in [0.15, 0.2) is 44.9 Å². The molecular weight excluding hydrogens is 475 g/mol. The summed E-state index contributed by atoms with van der Waals surface area (Å²) in [5.41, 5.74) is 0.888. The summed E-state index contributed by atoms with van der Waals surface area (Å²) in [6.45, 7) is 0. The van der Waals surface area contributed by atoms with E-state index in [-0.39, 0.29) is 17.1 Å². The number of carbonyl (C=O) groups is 1. The van der Waals surface area contributed by atoms with Crippen LogP contribution in [-0.2, 0) is 4.79 Å². The molecule has 25 heavy (non-hydrogen) atoms. The number of ether oxygens (including phenoxy) is 1. The maximum absolute atomic E-state index is 12.3. The van der Waals surface area contributed by atoms with Gasteiger partial charge in [-0.05, 0) is 73.8 Å². The number of phenolic OH excluding ortho intramolecular Hbond substituents is 1. The van der Waals surface area contributed by atoms with Gasteiger partial charge in [-0.25, -0.2) is 0 Å². The summed E-state index contributed by atoms with van der Waals surface area (Å²) in [5, 5.41) is 22.4. The molecule has 128 valence electrons. The Labute approximate surface area is 166 Å². The van der Waals surface area contributed by atoms with Gasteiger partial charge in [-0.3, -0.25) is 4.79 Å². The molecule has 2 aromatic rings. The van der Waals surface area contributed by atoms with Gasteiger partial charge >= 0.3 is 0 Å². The minimum Gasteiger partial charge on any atom is -0.503 e. The zero-order valence-corrected chi connectivity index (χ0v) is 16.7.